The van der Waals surface area contributed by atoms with Crippen molar-refractivity contribution in [3.8, 4) is 23.0 Å². The zero-order valence-electron chi connectivity index (χ0n) is 28.8. The molecule has 4 aromatic carbocycles. The number of rotatable bonds is 12. The van der Waals surface area contributed by atoms with Gasteiger partial charge in [-0.25, -0.2) is 0 Å². The van der Waals surface area contributed by atoms with Crippen molar-refractivity contribution in [2.24, 2.45) is 0 Å². The molecule has 0 spiro atoms. The van der Waals surface area contributed by atoms with E-state index in [4.69, 9.17) is 23.7 Å². The van der Waals surface area contributed by atoms with Crippen LogP contribution in [0.3, 0.4) is 0 Å². The Balaban J connectivity index is 1.28. The van der Waals surface area contributed by atoms with E-state index in [0.717, 1.165) is 40.6 Å². The summed E-state index contributed by atoms with van der Waals surface area (Å²) in [5.41, 5.74) is 5.99. The van der Waals surface area contributed by atoms with Gasteiger partial charge in [-0.05, 0) is 91.6 Å². The van der Waals surface area contributed by atoms with Crippen molar-refractivity contribution in [1.29, 1.82) is 0 Å². The molecule has 0 bridgehead atoms. The van der Waals surface area contributed by atoms with E-state index in [2.05, 4.69) is 25.1 Å². The number of ether oxygens (including phenoxy) is 5. The van der Waals surface area contributed by atoms with Crippen LogP contribution < -0.4 is 18.9 Å². The summed E-state index contributed by atoms with van der Waals surface area (Å²) in [6.07, 6.45) is 2.85. The molecule has 0 radical (unpaired) electrons. The molecule has 0 amide bonds. The Hall–Kier alpha value is -5.24. The summed E-state index contributed by atoms with van der Waals surface area (Å²) in [5.74, 6) is 1.28. The molecule has 1 aliphatic rings. The van der Waals surface area contributed by atoms with Crippen LogP contribution in [0.1, 0.15) is 76.3 Å². The van der Waals surface area contributed by atoms with Gasteiger partial charge in [0.25, 0.3) is 5.91 Å². The third-order valence-electron chi connectivity index (χ3n) is 9.41. The predicted octanol–water partition coefficient (Wildman–Crippen LogP) is 8.40. The molecule has 0 fully saturated rings. The minimum Gasteiger partial charge on any atom is -0.493 e. The van der Waals surface area contributed by atoms with Gasteiger partial charge in [0, 0.05) is 11.1 Å². The zero-order valence-corrected chi connectivity index (χ0v) is 28.8. The molecule has 1 heterocycles. The fourth-order valence-corrected chi connectivity index (χ4v) is 6.86. The van der Waals surface area contributed by atoms with Crippen LogP contribution in [0.2, 0.25) is 0 Å². The second-order valence-electron chi connectivity index (χ2n) is 12.6. The number of carbonyl (C=O) groups is 2. The van der Waals surface area contributed by atoms with E-state index in [1.54, 1.807) is 38.0 Å². The summed E-state index contributed by atoms with van der Waals surface area (Å²) >= 11 is 0. The lowest BCUT2D eigenvalue weighted by atomic mass is 9.85. The maximum atomic E-state index is 14.5. The number of esters is 1. The number of nitrogens with zero attached hydrogens (tertiary/aromatic N) is 1. The largest absolute Gasteiger partial charge is 0.493 e. The van der Waals surface area contributed by atoms with Crippen molar-refractivity contribution >= 4 is 22.8 Å². The standard InChI is InChI=1S/C41H43NO7/c1-26-18-19-33-32(22-26)38-31(41(44)49-25-28-23-36(45-3)39(47-5)37(24-28)46-4)15-11-16-34(38)42(33)40(43)30-14-9-10-17-35(30)48-21-20-27(2)29-12-7-6-8-13-29/h6-10,12-14,17-19,22-24,27,31H,11,15-16,20-21,25H2,1-5H3. The smallest absolute Gasteiger partial charge is 0.313 e. The van der Waals surface area contributed by atoms with Crippen LogP contribution in [-0.4, -0.2) is 44.4 Å². The number of hydrogen-bond acceptors (Lipinski definition) is 7. The lowest BCUT2D eigenvalue weighted by Gasteiger charge is -2.23. The highest BCUT2D eigenvalue weighted by molar-refractivity contribution is 6.06. The van der Waals surface area contributed by atoms with Crippen LogP contribution >= 0.6 is 0 Å². The van der Waals surface area contributed by atoms with E-state index in [9.17, 15) is 9.59 Å². The van der Waals surface area contributed by atoms with Crippen molar-refractivity contribution in [2.45, 2.75) is 58.0 Å². The van der Waals surface area contributed by atoms with E-state index >= 15 is 0 Å². The summed E-state index contributed by atoms with van der Waals surface area (Å²) < 4.78 is 30.4. The summed E-state index contributed by atoms with van der Waals surface area (Å²) in [5, 5.41) is 0.896. The number of aryl methyl sites for hydroxylation is 1. The Morgan fingerprint density at radius 3 is 2.29 bits per heavy atom. The van der Waals surface area contributed by atoms with Crippen molar-refractivity contribution in [2.75, 3.05) is 27.9 Å². The van der Waals surface area contributed by atoms with Crippen molar-refractivity contribution in [3.05, 3.63) is 118 Å². The Morgan fingerprint density at radius 2 is 1.57 bits per heavy atom. The first-order chi connectivity index (χ1) is 23.8. The lowest BCUT2D eigenvalue weighted by Crippen LogP contribution is -2.23. The molecule has 1 aliphatic carbocycles. The molecule has 1 aromatic heterocycles. The van der Waals surface area contributed by atoms with Gasteiger partial charge in [0.15, 0.2) is 11.5 Å². The second-order valence-corrected chi connectivity index (χ2v) is 12.6. The summed E-state index contributed by atoms with van der Waals surface area (Å²) in [6.45, 7) is 4.71. The minimum absolute atomic E-state index is 0.0333. The quantitative estimate of drug-likeness (QED) is 0.124. The van der Waals surface area contributed by atoms with Gasteiger partial charge in [-0.3, -0.25) is 14.2 Å². The molecule has 2 unspecified atom stereocenters. The third-order valence-corrected chi connectivity index (χ3v) is 9.41. The predicted molar refractivity (Wildman–Crippen MR) is 189 cm³/mol. The molecule has 6 rings (SSSR count). The van der Waals surface area contributed by atoms with Gasteiger partial charge in [-0.1, -0.05) is 61.0 Å². The fraction of sp³-hybridized carbons (Fsp3) is 0.317. The lowest BCUT2D eigenvalue weighted by molar-refractivity contribution is -0.147. The van der Waals surface area contributed by atoms with Gasteiger partial charge < -0.3 is 23.7 Å². The number of para-hydroxylation sites is 1. The second kappa shape index (κ2) is 14.9. The molecule has 0 saturated carbocycles. The number of carbonyl (C=O) groups excluding carboxylic acids is 2. The Bertz CT molecular complexity index is 1940. The first kappa shape index (κ1) is 33.7. The van der Waals surface area contributed by atoms with Gasteiger partial charge >= 0.3 is 5.97 Å². The highest BCUT2D eigenvalue weighted by atomic mass is 16.5. The van der Waals surface area contributed by atoms with Crippen molar-refractivity contribution in [1.82, 2.24) is 4.57 Å². The molecular formula is C41H43NO7. The van der Waals surface area contributed by atoms with Crippen molar-refractivity contribution in [3.63, 3.8) is 0 Å². The molecule has 5 aromatic rings. The highest BCUT2D eigenvalue weighted by Crippen LogP contribution is 2.42. The van der Waals surface area contributed by atoms with Gasteiger partial charge in [0.2, 0.25) is 5.75 Å². The van der Waals surface area contributed by atoms with Crippen LogP contribution in [0.5, 0.6) is 23.0 Å². The van der Waals surface area contributed by atoms with Gasteiger partial charge in [-0.2, -0.15) is 0 Å². The maximum absolute atomic E-state index is 14.5. The van der Waals surface area contributed by atoms with E-state index in [1.807, 2.05) is 61.5 Å². The first-order valence-corrected chi connectivity index (χ1v) is 16.7. The van der Waals surface area contributed by atoms with Crippen LogP contribution in [-0.2, 0) is 22.6 Å². The summed E-state index contributed by atoms with van der Waals surface area (Å²) in [6, 6.07) is 27.4. The summed E-state index contributed by atoms with van der Waals surface area (Å²) in [4.78, 5) is 28.4. The topological polar surface area (TPSA) is 85.2 Å². The highest BCUT2D eigenvalue weighted by Gasteiger charge is 2.35. The molecule has 0 N–H and O–H groups in total. The number of fused-ring (bicyclic) bond motifs is 3. The van der Waals surface area contributed by atoms with E-state index in [-0.39, 0.29) is 18.5 Å². The zero-order chi connectivity index (χ0) is 34.5. The minimum atomic E-state index is -0.518. The number of hydrogen-bond donors (Lipinski definition) is 0. The Kier molecular flexibility index (Phi) is 10.2. The van der Waals surface area contributed by atoms with E-state index < -0.39 is 5.92 Å². The molecule has 254 valence electrons. The maximum Gasteiger partial charge on any atom is 0.313 e. The molecule has 8 nitrogen and oxygen atoms in total. The Labute approximate surface area is 287 Å². The van der Waals surface area contributed by atoms with E-state index in [0.29, 0.717) is 59.5 Å². The SMILES string of the molecule is COc1cc(COC(=O)C2CCCc3c2c2cc(C)ccc2n3C(=O)c2ccccc2OCCC(C)c2ccccc2)cc(OC)c1OC. The number of aromatic nitrogens is 1. The van der Waals surface area contributed by atoms with Crippen LogP contribution in [0.15, 0.2) is 84.9 Å². The molecule has 2 atom stereocenters. The summed E-state index contributed by atoms with van der Waals surface area (Å²) in [7, 11) is 4.64. The first-order valence-electron chi connectivity index (χ1n) is 16.7. The van der Waals surface area contributed by atoms with Gasteiger partial charge in [0.05, 0.1) is 44.9 Å². The fourth-order valence-electron chi connectivity index (χ4n) is 6.86. The average molecular weight is 662 g/mol. The third kappa shape index (κ3) is 6.86. The van der Waals surface area contributed by atoms with Crippen LogP contribution in [0, 0.1) is 6.92 Å². The number of benzene rings is 4. The molecule has 8 heteroatoms. The van der Waals surface area contributed by atoms with E-state index in [1.165, 1.54) is 5.56 Å². The van der Waals surface area contributed by atoms with Gasteiger partial charge in [-0.15, -0.1) is 0 Å². The molecule has 0 saturated heterocycles. The Morgan fingerprint density at radius 1 is 0.857 bits per heavy atom. The average Bonchev–Trinajstić information content (AvgIpc) is 3.47. The molecular weight excluding hydrogens is 618 g/mol. The normalized spacial score (nSPS) is 14.5. The van der Waals surface area contributed by atoms with Crippen molar-refractivity contribution < 1.29 is 33.3 Å². The van der Waals surface area contributed by atoms with Gasteiger partial charge in [0.1, 0.15) is 12.4 Å². The molecule has 0 aliphatic heterocycles. The molecule has 49 heavy (non-hydrogen) atoms. The monoisotopic (exact) mass is 661 g/mol. The number of methoxy groups -OCH3 is 3. The van der Waals surface area contributed by atoms with Crippen LogP contribution in [0.4, 0.5) is 0 Å². The van der Waals surface area contributed by atoms with Crippen LogP contribution in [0.25, 0.3) is 10.9 Å².